The Kier molecular flexibility index (Phi) is 5.09. The van der Waals surface area contributed by atoms with Crippen LogP contribution in [0.5, 0.6) is 0 Å². The average molecular weight is 224 g/mol. The van der Waals surface area contributed by atoms with Crippen molar-refractivity contribution < 1.29 is 14.3 Å². The van der Waals surface area contributed by atoms with E-state index in [0.717, 1.165) is 12.8 Å². The van der Waals surface area contributed by atoms with Crippen LogP contribution in [0.4, 0.5) is 0 Å². The van der Waals surface area contributed by atoms with E-state index in [-0.39, 0.29) is 17.8 Å². The van der Waals surface area contributed by atoms with Crippen molar-refractivity contribution in [1.29, 1.82) is 0 Å². The minimum Gasteiger partial charge on any atom is -0.499 e. The standard InChI is InChI=1S/C13H20O3/c1-4-15-10(3)11-8-6-7-9-12(11)13(14)16-5-2/h6-7,11-12H,3-5,8-9H2,1-2H3/t11-,12+/m0/s1. The first-order valence-corrected chi connectivity index (χ1v) is 5.83. The maximum Gasteiger partial charge on any atom is 0.309 e. The number of ether oxygens (including phenoxy) is 2. The molecule has 0 aliphatic heterocycles. The SMILES string of the molecule is C=C(OCC)[C@@H]1CC=CC[C@H]1C(=O)OCC. The summed E-state index contributed by atoms with van der Waals surface area (Å²) in [5.41, 5.74) is 0. The van der Waals surface area contributed by atoms with Gasteiger partial charge in [0.2, 0.25) is 0 Å². The van der Waals surface area contributed by atoms with Crippen molar-refractivity contribution in [2.75, 3.05) is 13.2 Å². The lowest BCUT2D eigenvalue weighted by atomic mass is 9.82. The molecule has 0 radical (unpaired) electrons. The molecule has 2 atom stereocenters. The number of hydrogen-bond acceptors (Lipinski definition) is 3. The van der Waals surface area contributed by atoms with Crippen molar-refractivity contribution in [3.63, 3.8) is 0 Å². The van der Waals surface area contributed by atoms with Gasteiger partial charge in [0.25, 0.3) is 0 Å². The molecule has 1 rings (SSSR count). The fraction of sp³-hybridized carbons (Fsp3) is 0.615. The number of allylic oxidation sites excluding steroid dienone is 3. The molecule has 0 spiro atoms. The Bertz CT molecular complexity index is 253. The zero-order chi connectivity index (χ0) is 12.0. The number of esters is 1. The minimum absolute atomic E-state index is 0.0593. The average Bonchev–Trinajstić information content (AvgIpc) is 2.30. The third-order valence-corrected chi connectivity index (χ3v) is 2.77. The number of carbonyl (C=O) groups excluding carboxylic acids is 1. The lowest BCUT2D eigenvalue weighted by molar-refractivity contribution is -0.150. The van der Waals surface area contributed by atoms with Gasteiger partial charge in [-0.25, -0.2) is 0 Å². The Morgan fingerprint density at radius 2 is 1.75 bits per heavy atom. The predicted octanol–water partition coefficient (Wildman–Crippen LogP) is 2.68. The van der Waals surface area contributed by atoms with Gasteiger partial charge in [-0.15, -0.1) is 0 Å². The lowest BCUT2D eigenvalue weighted by Crippen LogP contribution is -2.29. The van der Waals surface area contributed by atoms with Crippen LogP contribution >= 0.6 is 0 Å². The van der Waals surface area contributed by atoms with Gasteiger partial charge in [0.05, 0.1) is 24.9 Å². The van der Waals surface area contributed by atoms with E-state index >= 15 is 0 Å². The van der Waals surface area contributed by atoms with Crippen molar-refractivity contribution >= 4 is 5.97 Å². The van der Waals surface area contributed by atoms with Crippen molar-refractivity contribution in [2.45, 2.75) is 26.7 Å². The molecule has 0 N–H and O–H groups in total. The van der Waals surface area contributed by atoms with Crippen LogP contribution in [0.3, 0.4) is 0 Å². The van der Waals surface area contributed by atoms with Crippen molar-refractivity contribution in [2.24, 2.45) is 11.8 Å². The second-order valence-corrected chi connectivity index (χ2v) is 3.81. The van der Waals surface area contributed by atoms with Crippen LogP contribution in [0, 0.1) is 11.8 Å². The molecule has 0 unspecified atom stereocenters. The van der Waals surface area contributed by atoms with Crippen LogP contribution in [0.15, 0.2) is 24.5 Å². The van der Waals surface area contributed by atoms with Crippen LogP contribution in [0.25, 0.3) is 0 Å². The largest absolute Gasteiger partial charge is 0.499 e. The van der Waals surface area contributed by atoms with Crippen LogP contribution in [-0.4, -0.2) is 19.2 Å². The normalized spacial score (nSPS) is 23.9. The molecule has 3 nitrogen and oxygen atoms in total. The first-order valence-electron chi connectivity index (χ1n) is 5.83. The third kappa shape index (κ3) is 3.12. The Balaban J connectivity index is 2.68. The maximum absolute atomic E-state index is 11.8. The van der Waals surface area contributed by atoms with Gasteiger partial charge in [-0.2, -0.15) is 0 Å². The molecule has 0 aromatic rings. The molecular formula is C13H20O3. The molecule has 0 fully saturated rings. The monoisotopic (exact) mass is 224 g/mol. The summed E-state index contributed by atoms with van der Waals surface area (Å²) in [5, 5.41) is 0. The molecule has 0 aromatic carbocycles. The first-order chi connectivity index (χ1) is 7.70. The molecule has 0 heterocycles. The molecule has 0 bridgehead atoms. The van der Waals surface area contributed by atoms with E-state index < -0.39 is 0 Å². The molecular weight excluding hydrogens is 204 g/mol. The lowest BCUT2D eigenvalue weighted by Gasteiger charge is -2.27. The summed E-state index contributed by atoms with van der Waals surface area (Å²) < 4.78 is 10.5. The second-order valence-electron chi connectivity index (χ2n) is 3.81. The van der Waals surface area contributed by atoms with Crippen molar-refractivity contribution in [1.82, 2.24) is 0 Å². The molecule has 1 aliphatic carbocycles. The highest BCUT2D eigenvalue weighted by Crippen LogP contribution is 2.32. The van der Waals surface area contributed by atoms with Crippen LogP contribution in [0.2, 0.25) is 0 Å². The van der Waals surface area contributed by atoms with Gasteiger partial charge in [0.15, 0.2) is 0 Å². The zero-order valence-corrected chi connectivity index (χ0v) is 10.1. The zero-order valence-electron chi connectivity index (χ0n) is 10.1. The van der Waals surface area contributed by atoms with E-state index in [1.807, 2.05) is 19.9 Å². The van der Waals surface area contributed by atoms with Gasteiger partial charge in [-0.3, -0.25) is 4.79 Å². The Morgan fingerprint density at radius 3 is 2.31 bits per heavy atom. The maximum atomic E-state index is 11.8. The molecule has 0 amide bonds. The van der Waals surface area contributed by atoms with E-state index in [4.69, 9.17) is 9.47 Å². The Labute approximate surface area is 97.1 Å². The van der Waals surface area contributed by atoms with Gasteiger partial charge >= 0.3 is 5.97 Å². The van der Waals surface area contributed by atoms with Gasteiger partial charge in [0.1, 0.15) is 0 Å². The fourth-order valence-electron chi connectivity index (χ4n) is 1.97. The Hall–Kier alpha value is -1.25. The van der Waals surface area contributed by atoms with E-state index in [1.54, 1.807) is 0 Å². The topological polar surface area (TPSA) is 35.5 Å². The summed E-state index contributed by atoms with van der Waals surface area (Å²) >= 11 is 0. The van der Waals surface area contributed by atoms with E-state index in [2.05, 4.69) is 12.7 Å². The summed E-state index contributed by atoms with van der Waals surface area (Å²) in [6, 6.07) is 0. The molecule has 0 saturated heterocycles. The summed E-state index contributed by atoms with van der Waals surface area (Å²) in [6.07, 6.45) is 5.62. The van der Waals surface area contributed by atoms with Crippen LogP contribution in [0.1, 0.15) is 26.7 Å². The molecule has 3 heteroatoms. The van der Waals surface area contributed by atoms with Gasteiger partial charge in [-0.05, 0) is 26.7 Å². The Morgan fingerprint density at radius 1 is 1.19 bits per heavy atom. The second kappa shape index (κ2) is 6.36. The molecule has 1 aliphatic rings. The summed E-state index contributed by atoms with van der Waals surface area (Å²) in [5.74, 6) is 0.482. The molecule has 0 saturated carbocycles. The van der Waals surface area contributed by atoms with Gasteiger partial charge in [-0.1, -0.05) is 18.7 Å². The summed E-state index contributed by atoms with van der Waals surface area (Å²) in [7, 11) is 0. The van der Waals surface area contributed by atoms with E-state index in [1.165, 1.54) is 0 Å². The first kappa shape index (κ1) is 12.8. The highest BCUT2D eigenvalue weighted by atomic mass is 16.5. The van der Waals surface area contributed by atoms with Crippen LogP contribution < -0.4 is 0 Å². The summed E-state index contributed by atoms with van der Waals surface area (Å²) in [6.45, 7) is 8.65. The third-order valence-electron chi connectivity index (χ3n) is 2.77. The van der Waals surface area contributed by atoms with Crippen LogP contribution in [-0.2, 0) is 14.3 Å². The number of carbonyl (C=O) groups is 1. The molecule has 90 valence electrons. The van der Waals surface area contributed by atoms with Gasteiger partial charge in [0, 0.05) is 5.92 Å². The number of rotatable bonds is 5. The van der Waals surface area contributed by atoms with Crippen molar-refractivity contribution in [3.05, 3.63) is 24.5 Å². The molecule has 0 aromatic heterocycles. The van der Waals surface area contributed by atoms with Crippen molar-refractivity contribution in [3.8, 4) is 0 Å². The highest BCUT2D eigenvalue weighted by molar-refractivity contribution is 5.73. The number of hydrogen-bond donors (Lipinski definition) is 0. The highest BCUT2D eigenvalue weighted by Gasteiger charge is 2.32. The molecule has 16 heavy (non-hydrogen) atoms. The summed E-state index contributed by atoms with van der Waals surface area (Å²) in [4.78, 5) is 11.8. The van der Waals surface area contributed by atoms with E-state index in [0.29, 0.717) is 19.0 Å². The fourth-order valence-corrected chi connectivity index (χ4v) is 1.97. The predicted molar refractivity (Wildman–Crippen MR) is 62.8 cm³/mol. The smallest absolute Gasteiger partial charge is 0.309 e. The van der Waals surface area contributed by atoms with E-state index in [9.17, 15) is 4.79 Å². The minimum atomic E-state index is -0.141. The quantitative estimate of drug-likeness (QED) is 0.409. The van der Waals surface area contributed by atoms with Gasteiger partial charge < -0.3 is 9.47 Å².